The van der Waals surface area contributed by atoms with Crippen LogP contribution in [0, 0.1) is 0 Å². The van der Waals surface area contributed by atoms with Crippen molar-refractivity contribution < 1.29 is 14.3 Å². The largest absolute Gasteiger partial charge is 0.465 e. The number of carbonyl (C=O) groups excluding carboxylic acids is 1. The van der Waals surface area contributed by atoms with Crippen LogP contribution >= 0.6 is 0 Å². The van der Waals surface area contributed by atoms with E-state index in [2.05, 4.69) is 5.32 Å². The number of hydrogen-bond donors (Lipinski definition) is 1. The first-order valence-corrected chi connectivity index (χ1v) is 6.13. The van der Waals surface area contributed by atoms with Crippen molar-refractivity contribution in [2.24, 2.45) is 0 Å². The van der Waals surface area contributed by atoms with Crippen molar-refractivity contribution in [1.29, 1.82) is 0 Å². The zero-order chi connectivity index (χ0) is 12.0. The van der Waals surface area contributed by atoms with Gasteiger partial charge in [0.1, 0.15) is 5.54 Å². The summed E-state index contributed by atoms with van der Waals surface area (Å²) in [7, 11) is 0. The third kappa shape index (κ3) is 3.46. The second-order valence-corrected chi connectivity index (χ2v) is 4.57. The van der Waals surface area contributed by atoms with Gasteiger partial charge >= 0.3 is 5.97 Å². The zero-order valence-corrected chi connectivity index (χ0v) is 10.5. The van der Waals surface area contributed by atoms with Crippen LogP contribution in [0.5, 0.6) is 0 Å². The highest BCUT2D eigenvalue weighted by atomic mass is 16.5. The van der Waals surface area contributed by atoms with E-state index in [4.69, 9.17) is 9.47 Å². The van der Waals surface area contributed by atoms with Crippen LogP contribution < -0.4 is 5.32 Å². The van der Waals surface area contributed by atoms with Gasteiger partial charge in [-0.05, 0) is 40.0 Å². The molecule has 1 rings (SSSR count). The normalized spacial score (nSPS) is 26.5. The lowest BCUT2D eigenvalue weighted by Gasteiger charge is -2.32. The molecule has 4 nitrogen and oxygen atoms in total. The van der Waals surface area contributed by atoms with Gasteiger partial charge in [-0.2, -0.15) is 0 Å². The molecule has 16 heavy (non-hydrogen) atoms. The average Bonchev–Trinajstić information content (AvgIpc) is 2.44. The lowest BCUT2D eigenvalue weighted by atomic mass is 9.89. The molecule has 1 atom stereocenters. The minimum Gasteiger partial charge on any atom is -0.465 e. The molecule has 1 unspecified atom stereocenters. The van der Waals surface area contributed by atoms with Gasteiger partial charge in [0.25, 0.3) is 0 Å². The van der Waals surface area contributed by atoms with Gasteiger partial charge < -0.3 is 9.47 Å². The molecule has 1 aliphatic heterocycles. The Kier molecular flexibility index (Phi) is 5.22. The summed E-state index contributed by atoms with van der Waals surface area (Å²) in [5.74, 6) is -0.130. The van der Waals surface area contributed by atoms with Crippen molar-refractivity contribution in [3.63, 3.8) is 0 Å². The van der Waals surface area contributed by atoms with E-state index < -0.39 is 5.54 Å². The molecule has 0 saturated carbocycles. The van der Waals surface area contributed by atoms with Crippen LogP contribution in [0.4, 0.5) is 0 Å². The Labute approximate surface area is 97.7 Å². The van der Waals surface area contributed by atoms with E-state index >= 15 is 0 Å². The van der Waals surface area contributed by atoms with E-state index in [1.807, 2.05) is 20.8 Å². The minimum absolute atomic E-state index is 0.130. The van der Waals surface area contributed by atoms with Gasteiger partial charge in [0.15, 0.2) is 0 Å². The first-order valence-electron chi connectivity index (χ1n) is 6.13. The second-order valence-electron chi connectivity index (χ2n) is 4.57. The van der Waals surface area contributed by atoms with Crippen molar-refractivity contribution in [1.82, 2.24) is 5.32 Å². The molecule has 4 heteroatoms. The van der Waals surface area contributed by atoms with Crippen molar-refractivity contribution in [3.05, 3.63) is 0 Å². The van der Waals surface area contributed by atoms with Gasteiger partial charge in [-0.1, -0.05) is 0 Å². The molecule has 1 aliphatic rings. The van der Waals surface area contributed by atoms with Crippen LogP contribution in [0.25, 0.3) is 0 Å². The van der Waals surface area contributed by atoms with Crippen LogP contribution in [0.15, 0.2) is 0 Å². The summed E-state index contributed by atoms with van der Waals surface area (Å²) in [5, 5.41) is 3.37. The summed E-state index contributed by atoms with van der Waals surface area (Å²) in [4.78, 5) is 12.1. The van der Waals surface area contributed by atoms with Crippen LogP contribution in [0.1, 0.15) is 40.0 Å². The first kappa shape index (κ1) is 13.5. The topological polar surface area (TPSA) is 47.6 Å². The molecule has 0 radical (unpaired) electrons. The highest BCUT2D eigenvalue weighted by Gasteiger charge is 2.40. The maximum absolute atomic E-state index is 12.1. The molecule has 1 fully saturated rings. The Morgan fingerprint density at radius 1 is 1.44 bits per heavy atom. The van der Waals surface area contributed by atoms with E-state index in [1.54, 1.807) is 0 Å². The predicted octanol–water partition coefficient (Wildman–Crippen LogP) is 1.49. The van der Waals surface area contributed by atoms with Crippen molar-refractivity contribution >= 4 is 5.97 Å². The fourth-order valence-electron chi connectivity index (χ4n) is 2.18. The van der Waals surface area contributed by atoms with E-state index in [1.165, 1.54) is 0 Å². The van der Waals surface area contributed by atoms with Crippen LogP contribution in [-0.2, 0) is 14.3 Å². The molecule has 1 N–H and O–H groups in total. The Morgan fingerprint density at radius 2 is 2.19 bits per heavy atom. The van der Waals surface area contributed by atoms with Crippen molar-refractivity contribution in [2.45, 2.75) is 51.6 Å². The number of rotatable bonds is 4. The maximum atomic E-state index is 12.1. The van der Waals surface area contributed by atoms with Gasteiger partial charge in [0.05, 0.1) is 6.61 Å². The highest BCUT2D eigenvalue weighted by molar-refractivity contribution is 5.81. The quantitative estimate of drug-likeness (QED) is 0.742. The van der Waals surface area contributed by atoms with Crippen molar-refractivity contribution in [2.75, 3.05) is 19.8 Å². The lowest BCUT2D eigenvalue weighted by molar-refractivity contribution is -0.152. The summed E-state index contributed by atoms with van der Waals surface area (Å²) in [6.07, 6.45) is 2.40. The van der Waals surface area contributed by atoms with Gasteiger partial charge in [-0.25, -0.2) is 0 Å². The molecule has 1 heterocycles. The Morgan fingerprint density at radius 3 is 2.81 bits per heavy atom. The van der Waals surface area contributed by atoms with Crippen LogP contribution in [0.2, 0.25) is 0 Å². The molecular weight excluding hydrogens is 206 g/mol. The van der Waals surface area contributed by atoms with E-state index in [9.17, 15) is 4.79 Å². The number of ether oxygens (including phenoxy) is 2. The summed E-state index contributed by atoms with van der Waals surface area (Å²) in [6.45, 7) is 7.73. The summed E-state index contributed by atoms with van der Waals surface area (Å²) < 4.78 is 10.6. The third-order valence-electron chi connectivity index (χ3n) is 2.80. The molecule has 0 aromatic carbocycles. The highest BCUT2D eigenvalue weighted by Crippen LogP contribution is 2.23. The van der Waals surface area contributed by atoms with Gasteiger partial charge in [-0.15, -0.1) is 0 Å². The van der Waals surface area contributed by atoms with Gasteiger partial charge in [-0.3, -0.25) is 10.1 Å². The number of carbonyl (C=O) groups is 1. The number of nitrogens with one attached hydrogen (secondary N) is 1. The smallest absolute Gasteiger partial charge is 0.326 e. The molecule has 0 amide bonds. The maximum Gasteiger partial charge on any atom is 0.326 e. The first-order chi connectivity index (χ1) is 7.60. The Bertz CT molecular complexity index is 220. The predicted molar refractivity (Wildman–Crippen MR) is 62.3 cm³/mol. The molecule has 1 saturated heterocycles. The van der Waals surface area contributed by atoms with E-state index in [0.29, 0.717) is 19.6 Å². The van der Waals surface area contributed by atoms with Gasteiger partial charge in [0, 0.05) is 19.3 Å². The fraction of sp³-hybridized carbons (Fsp3) is 0.917. The minimum atomic E-state index is -0.541. The lowest BCUT2D eigenvalue weighted by Crippen LogP contribution is -2.55. The molecule has 0 aliphatic carbocycles. The van der Waals surface area contributed by atoms with Crippen LogP contribution in [0.3, 0.4) is 0 Å². The number of hydrogen-bond acceptors (Lipinski definition) is 4. The van der Waals surface area contributed by atoms with Crippen LogP contribution in [-0.4, -0.2) is 37.4 Å². The monoisotopic (exact) mass is 229 g/mol. The molecule has 0 bridgehead atoms. The molecule has 0 aromatic rings. The zero-order valence-electron chi connectivity index (χ0n) is 10.5. The molecule has 0 spiro atoms. The third-order valence-corrected chi connectivity index (χ3v) is 2.80. The number of esters is 1. The Hall–Kier alpha value is -0.610. The SMILES string of the molecule is CCOC(=O)C1(NC(C)C)CCCOCC1. The van der Waals surface area contributed by atoms with Crippen molar-refractivity contribution in [3.8, 4) is 0 Å². The second kappa shape index (κ2) is 6.21. The molecule has 94 valence electrons. The molecule has 0 aromatic heterocycles. The Balaban J connectivity index is 2.76. The average molecular weight is 229 g/mol. The standard InChI is InChI=1S/C12H23NO3/c1-4-16-11(14)12(13-10(2)3)6-5-8-15-9-7-12/h10,13H,4-9H2,1-3H3. The molecular formula is C12H23NO3. The fourth-order valence-corrected chi connectivity index (χ4v) is 2.18. The summed E-state index contributed by atoms with van der Waals surface area (Å²) in [6, 6.07) is 0.266. The van der Waals surface area contributed by atoms with E-state index in [-0.39, 0.29) is 12.0 Å². The van der Waals surface area contributed by atoms with Gasteiger partial charge in [0.2, 0.25) is 0 Å². The summed E-state index contributed by atoms with van der Waals surface area (Å²) >= 11 is 0. The van der Waals surface area contributed by atoms with E-state index in [0.717, 1.165) is 19.4 Å². The summed E-state index contributed by atoms with van der Waals surface area (Å²) in [5.41, 5.74) is -0.541.